The molecule has 0 unspecified atom stereocenters. The number of nitrogens with one attached hydrogen (secondary N) is 1. The fourth-order valence-electron chi connectivity index (χ4n) is 5.91. The summed E-state index contributed by atoms with van der Waals surface area (Å²) in [6.45, 7) is 10.9. The Balaban J connectivity index is 1.26. The zero-order valence-electron chi connectivity index (χ0n) is 22.4. The van der Waals surface area contributed by atoms with Crippen LogP contribution in [0, 0.1) is 5.41 Å². The molecule has 1 aromatic rings. The van der Waals surface area contributed by atoms with Gasteiger partial charge in [0.15, 0.2) is 5.78 Å². The molecule has 3 heterocycles. The van der Waals surface area contributed by atoms with Crippen molar-refractivity contribution in [2.45, 2.75) is 69.5 Å². The summed E-state index contributed by atoms with van der Waals surface area (Å²) in [4.78, 5) is 46.2. The van der Waals surface area contributed by atoms with E-state index in [0.29, 0.717) is 18.5 Å². The summed E-state index contributed by atoms with van der Waals surface area (Å²) in [7, 11) is 0. The number of piperazine rings is 1. The van der Waals surface area contributed by atoms with Gasteiger partial charge in [-0.3, -0.25) is 19.3 Å². The first-order valence-corrected chi connectivity index (χ1v) is 14.8. The Morgan fingerprint density at radius 1 is 1.11 bits per heavy atom. The van der Waals surface area contributed by atoms with Gasteiger partial charge in [0.2, 0.25) is 5.91 Å². The van der Waals surface area contributed by atoms with Gasteiger partial charge in [-0.05, 0) is 55.2 Å². The smallest absolute Gasteiger partial charge is 0.251 e. The molecule has 1 N–H and O–H groups in total. The average molecular weight is 529 g/mol. The van der Waals surface area contributed by atoms with Crippen molar-refractivity contribution in [3.8, 4) is 0 Å². The average Bonchev–Trinajstić information content (AvgIpc) is 3.56. The Bertz CT molecular complexity index is 1010. The molecule has 1 saturated carbocycles. The van der Waals surface area contributed by atoms with Crippen LogP contribution < -0.4 is 10.2 Å². The van der Waals surface area contributed by atoms with Crippen molar-refractivity contribution in [1.29, 1.82) is 0 Å². The van der Waals surface area contributed by atoms with E-state index >= 15 is 0 Å². The Kier molecular flexibility index (Phi) is 7.58. The van der Waals surface area contributed by atoms with Gasteiger partial charge < -0.3 is 19.9 Å². The number of hydrogen-bond donors (Lipinski definition) is 1. The van der Waals surface area contributed by atoms with Crippen LogP contribution in [0.1, 0.15) is 50.4 Å². The number of nitrogens with zero attached hydrogens (tertiary/aromatic N) is 3. The van der Waals surface area contributed by atoms with Crippen molar-refractivity contribution >= 4 is 35.0 Å². The zero-order chi connectivity index (χ0) is 26.3. The summed E-state index contributed by atoms with van der Waals surface area (Å²) in [6.07, 6.45) is 4.87. The summed E-state index contributed by atoms with van der Waals surface area (Å²) in [5.41, 5.74) is 1.47. The molecule has 0 bridgehead atoms. The second-order valence-electron chi connectivity index (χ2n) is 12.0. The molecule has 37 heavy (non-hydrogen) atoms. The molecule has 0 aromatic heterocycles. The van der Waals surface area contributed by atoms with Crippen molar-refractivity contribution < 1.29 is 19.1 Å². The maximum absolute atomic E-state index is 13.8. The number of anilines is 1. The molecule has 202 valence electrons. The van der Waals surface area contributed by atoms with Gasteiger partial charge >= 0.3 is 0 Å². The Labute approximate surface area is 224 Å². The summed E-state index contributed by atoms with van der Waals surface area (Å²) < 4.78 is 5.73. The minimum absolute atomic E-state index is 0.0500. The fraction of sp³-hybridized carbons (Fsp3) is 0.679. The van der Waals surface area contributed by atoms with Crippen molar-refractivity contribution in [2.24, 2.45) is 5.41 Å². The highest BCUT2D eigenvalue weighted by Crippen LogP contribution is 2.35. The molecule has 3 aliphatic heterocycles. The molecule has 4 atom stereocenters. The first-order valence-electron chi connectivity index (χ1n) is 13.5. The van der Waals surface area contributed by atoms with Crippen molar-refractivity contribution in [1.82, 2.24) is 15.1 Å². The number of hydrogen-bond acceptors (Lipinski definition) is 7. The Hall–Kier alpha value is -2.10. The highest BCUT2D eigenvalue weighted by molar-refractivity contribution is 7.99. The van der Waals surface area contributed by atoms with E-state index < -0.39 is 12.1 Å². The lowest BCUT2D eigenvalue weighted by Gasteiger charge is -2.36. The number of likely N-dealkylation sites (tertiary alicyclic amines) is 1. The van der Waals surface area contributed by atoms with Crippen LogP contribution in [0.3, 0.4) is 0 Å². The van der Waals surface area contributed by atoms with E-state index in [1.807, 2.05) is 30.5 Å². The number of thioether (sulfide) groups is 1. The fourth-order valence-corrected chi connectivity index (χ4v) is 6.72. The van der Waals surface area contributed by atoms with Gasteiger partial charge in [-0.2, -0.15) is 11.8 Å². The maximum Gasteiger partial charge on any atom is 0.251 e. The maximum atomic E-state index is 13.8. The summed E-state index contributed by atoms with van der Waals surface area (Å²) >= 11 is 1.62. The quantitative estimate of drug-likeness (QED) is 0.582. The summed E-state index contributed by atoms with van der Waals surface area (Å²) in [5, 5.41) is 3.07. The molecule has 9 heteroatoms. The lowest BCUT2D eigenvalue weighted by molar-refractivity contribution is -0.138. The number of carbonyl (C=O) groups is 3. The molecule has 8 nitrogen and oxygen atoms in total. The molecule has 0 spiro atoms. The molecule has 4 aliphatic rings. The molecule has 3 saturated heterocycles. The van der Waals surface area contributed by atoms with Gasteiger partial charge in [-0.15, -0.1) is 0 Å². The normalized spacial score (nSPS) is 27.4. The van der Waals surface area contributed by atoms with Crippen LogP contribution >= 0.6 is 11.8 Å². The van der Waals surface area contributed by atoms with Crippen molar-refractivity contribution in [2.75, 3.05) is 50.5 Å². The second kappa shape index (κ2) is 10.6. The molecule has 0 radical (unpaired) electrons. The van der Waals surface area contributed by atoms with Crippen molar-refractivity contribution in [3.63, 3.8) is 0 Å². The number of fused-ring (bicyclic) bond motifs is 1. The molecule has 5 rings (SSSR count). The van der Waals surface area contributed by atoms with Crippen LogP contribution in [0.2, 0.25) is 0 Å². The lowest BCUT2D eigenvalue weighted by Crippen LogP contribution is -2.53. The standard InChI is InChI=1S/C28H40N4O4S/c1-28(2,3)15-21(27(35)32-16-23(37-4)25-24(32)22(33)17-36-25)29-26(34)18-5-7-19(8-6-18)30-11-13-31(14-12-30)20-9-10-20/h5-8,20-21,23-25H,9-17H2,1-4H3,(H,29,34)/t21-,23-,24+,25+/m0/s1. The van der Waals surface area contributed by atoms with Crippen LogP contribution in [0.15, 0.2) is 24.3 Å². The first-order chi connectivity index (χ1) is 17.6. The van der Waals surface area contributed by atoms with Crippen LogP contribution in [0.4, 0.5) is 5.69 Å². The van der Waals surface area contributed by atoms with E-state index in [1.54, 1.807) is 16.7 Å². The highest BCUT2D eigenvalue weighted by atomic mass is 32.2. The van der Waals surface area contributed by atoms with Gasteiger partial charge in [0, 0.05) is 50.0 Å². The molecule has 4 fully saturated rings. The van der Waals surface area contributed by atoms with E-state index in [9.17, 15) is 14.4 Å². The summed E-state index contributed by atoms with van der Waals surface area (Å²) in [6, 6.07) is 7.24. The predicted molar refractivity (Wildman–Crippen MR) is 146 cm³/mol. The third kappa shape index (κ3) is 5.83. The van der Waals surface area contributed by atoms with Crippen LogP contribution in [-0.2, 0) is 14.3 Å². The van der Waals surface area contributed by atoms with Crippen LogP contribution in [-0.4, -0.2) is 102 Å². The monoisotopic (exact) mass is 528 g/mol. The molecule has 1 aromatic carbocycles. The topological polar surface area (TPSA) is 82.2 Å². The zero-order valence-corrected chi connectivity index (χ0v) is 23.3. The number of Topliss-reactive ketones (excluding diaryl/α,β-unsaturated/α-hetero) is 1. The van der Waals surface area contributed by atoms with Crippen LogP contribution in [0.25, 0.3) is 0 Å². The third-order valence-corrected chi connectivity index (χ3v) is 9.04. The largest absolute Gasteiger partial charge is 0.369 e. The molecular weight excluding hydrogens is 488 g/mol. The van der Waals surface area contributed by atoms with Gasteiger partial charge in [0.05, 0.1) is 11.4 Å². The minimum atomic E-state index is -0.711. The number of benzene rings is 1. The van der Waals surface area contributed by atoms with Crippen LogP contribution in [0.5, 0.6) is 0 Å². The number of ketones is 1. The first kappa shape index (κ1) is 26.5. The Morgan fingerprint density at radius 2 is 1.78 bits per heavy atom. The summed E-state index contributed by atoms with van der Waals surface area (Å²) in [5.74, 6) is -0.512. The van der Waals surface area contributed by atoms with Gasteiger partial charge in [0.1, 0.15) is 18.7 Å². The second-order valence-corrected chi connectivity index (χ2v) is 13.1. The molecular formula is C28H40N4O4S. The number of amides is 2. The van der Waals surface area contributed by atoms with E-state index in [4.69, 9.17) is 4.74 Å². The number of ether oxygens (including phenoxy) is 1. The minimum Gasteiger partial charge on any atom is -0.369 e. The van der Waals surface area contributed by atoms with E-state index in [-0.39, 0.29) is 41.0 Å². The SMILES string of the molecule is CS[C@H]1CN(C(=O)[C@H](CC(C)(C)C)NC(=O)c2ccc(N3CCN(C4CC4)CC3)cc2)[C@@H]2C(=O)CO[C@H]12. The molecule has 1 aliphatic carbocycles. The predicted octanol–water partition coefficient (Wildman–Crippen LogP) is 2.42. The molecule has 2 amide bonds. The van der Waals surface area contributed by atoms with Crippen molar-refractivity contribution in [3.05, 3.63) is 29.8 Å². The van der Waals surface area contributed by atoms with Gasteiger partial charge in [0.25, 0.3) is 5.91 Å². The van der Waals surface area contributed by atoms with Gasteiger partial charge in [-0.25, -0.2) is 0 Å². The van der Waals surface area contributed by atoms with E-state index in [2.05, 4.69) is 35.9 Å². The number of carbonyl (C=O) groups excluding carboxylic acids is 3. The lowest BCUT2D eigenvalue weighted by atomic mass is 9.87. The van der Waals surface area contributed by atoms with E-state index in [0.717, 1.165) is 37.9 Å². The van der Waals surface area contributed by atoms with Gasteiger partial charge in [-0.1, -0.05) is 20.8 Å². The third-order valence-electron chi connectivity index (χ3n) is 8.02. The number of rotatable bonds is 7. The van der Waals surface area contributed by atoms with E-state index in [1.165, 1.54) is 12.8 Å². The highest BCUT2D eigenvalue weighted by Gasteiger charge is 2.53. The Morgan fingerprint density at radius 3 is 2.38 bits per heavy atom.